The van der Waals surface area contributed by atoms with Gasteiger partial charge in [0.1, 0.15) is 6.10 Å². The predicted octanol–water partition coefficient (Wildman–Crippen LogP) is 1.66. The van der Waals surface area contributed by atoms with Crippen molar-refractivity contribution in [2.24, 2.45) is 4.99 Å². The van der Waals surface area contributed by atoms with Crippen LogP contribution in [-0.4, -0.2) is 75.9 Å². The number of ether oxygens (including phenoxy) is 2. The van der Waals surface area contributed by atoms with Crippen LogP contribution in [-0.2, 0) is 15.9 Å². The minimum absolute atomic E-state index is 0. The van der Waals surface area contributed by atoms with E-state index >= 15 is 0 Å². The number of carbonyl (C=O) groups is 1. The number of nitrogens with zero attached hydrogens (tertiary/aromatic N) is 2. The number of rotatable bonds is 5. The molecule has 2 N–H and O–H groups in total. The fraction of sp³-hybridized carbons (Fsp3) is 0.600. The van der Waals surface area contributed by atoms with Crippen LogP contribution in [0, 0.1) is 0 Å². The average molecular weight is 502 g/mol. The highest BCUT2D eigenvalue weighted by atomic mass is 127. The maximum absolute atomic E-state index is 11.8. The summed E-state index contributed by atoms with van der Waals surface area (Å²) in [5.74, 6) is 0.831. The third kappa shape index (κ3) is 6.05. The first-order valence-corrected chi connectivity index (χ1v) is 9.71. The molecular weight excluding hydrogens is 471 g/mol. The van der Waals surface area contributed by atoms with Crippen molar-refractivity contribution in [1.29, 1.82) is 0 Å². The third-order valence-corrected chi connectivity index (χ3v) is 5.10. The number of benzene rings is 1. The monoisotopic (exact) mass is 502 g/mol. The highest BCUT2D eigenvalue weighted by Gasteiger charge is 2.32. The molecule has 2 atom stereocenters. The Morgan fingerprint density at radius 2 is 2.11 bits per heavy atom. The number of hydrogen-bond acceptors (Lipinski definition) is 4. The maximum atomic E-state index is 11.8. The number of guanidine groups is 1. The second-order valence-corrected chi connectivity index (χ2v) is 6.91. The van der Waals surface area contributed by atoms with Crippen LogP contribution in [0.15, 0.2) is 29.3 Å². The summed E-state index contributed by atoms with van der Waals surface area (Å²) in [7, 11) is 3.46. The van der Waals surface area contributed by atoms with Gasteiger partial charge < -0.3 is 25.0 Å². The molecule has 2 aliphatic heterocycles. The molecule has 2 unspecified atom stereocenters. The standard InChI is InChI=1S/C20H30N4O3.HI/c1-21-19(25)16-6-3-5-15(13-16)8-9-23-20(22-2)24-10-12-27-18(14-24)17-7-4-11-26-17;/h3,5-6,13,17-18H,4,7-12,14H2,1-2H3,(H,21,25)(H,22,23);1H. The van der Waals surface area contributed by atoms with Gasteiger partial charge in [0.2, 0.25) is 0 Å². The van der Waals surface area contributed by atoms with Crippen LogP contribution >= 0.6 is 24.0 Å². The van der Waals surface area contributed by atoms with Gasteiger partial charge in [0.05, 0.1) is 12.7 Å². The molecule has 0 spiro atoms. The molecular formula is C20H31IN4O3. The second-order valence-electron chi connectivity index (χ2n) is 6.91. The van der Waals surface area contributed by atoms with E-state index < -0.39 is 0 Å². The molecule has 156 valence electrons. The van der Waals surface area contributed by atoms with Crippen LogP contribution < -0.4 is 10.6 Å². The first-order valence-electron chi connectivity index (χ1n) is 9.71. The number of amides is 1. The summed E-state index contributed by atoms with van der Waals surface area (Å²) in [6, 6.07) is 7.72. The summed E-state index contributed by atoms with van der Waals surface area (Å²) in [5, 5.41) is 6.10. The van der Waals surface area contributed by atoms with Crippen LogP contribution in [0.5, 0.6) is 0 Å². The van der Waals surface area contributed by atoms with Gasteiger partial charge >= 0.3 is 0 Å². The van der Waals surface area contributed by atoms with E-state index in [1.165, 1.54) is 0 Å². The summed E-state index contributed by atoms with van der Waals surface area (Å²) in [5.41, 5.74) is 1.81. The maximum Gasteiger partial charge on any atom is 0.251 e. The number of aliphatic imine (C=N–C) groups is 1. The van der Waals surface area contributed by atoms with Gasteiger partial charge in [-0.1, -0.05) is 12.1 Å². The lowest BCUT2D eigenvalue weighted by molar-refractivity contribution is -0.0816. The van der Waals surface area contributed by atoms with Gasteiger partial charge in [-0.2, -0.15) is 0 Å². The van der Waals surface area contributed by atoms with Crippen molar-refractivity contribution in [3.8, 4) is 0 Å². The Morgan fingerprint density at radius 3 is 2.82 bits per heavy atom. The zero-order valence-electron chi connectivity index (χ0n) is 16.6. The van der Waals surface area contributed by atoms with E-state index in [1.54, 1.807) is 7.05 Å². The molecule has 2 fully saturated rings. The van der Waals surface area contributed by atoms with Gasteiger partial charge in [-0.15, -0.1) is 24.0 Å². The van der Waals surface area contributed by atoms with Crippen molar-refractivity contribution in [1.82, 2.24) is 15.5 Å². The van der Waals surface area contributed by atoms with E-state index in [9.17, 15) is 4.79 Å². The molecule has 28 heavy (non-hydrogen) atoms. The minimum Gasteiger partial charge on any atom is -0.375 e. The Hall–Kier alpha value is -1.39. The number of morpholine rings is 1. The van der Waals surface area contributed by atoms with Crippen molar-refractivity contribution in [3.05, 3.63) is 35.4 Å². The summed E-state index contributed by atoms with van der Waals surface area (Å²) in [4.78, 5) is 18.4. The Bertz CT molecular complexity index is 665. The minimum atomic E-state index is -0.0610. The lowest BCUT2D eigenvalue weighted by Gasteiger charge is -2.37. The van der Waals surface area contributed by atoms with Crippen molar-refractivity contribution in [2.75, 3.05) is 46.9 Å². The fourth-order valence-electron chi connectivity index (χ4n) is 3.65. The number of hydrogen-bond donors (Lipinski definition) is 2. The van der Waals surface area contributed by atoms with Gasteiger partial charge in [-0.25, -0.2) is 0 Å². The normalized spacial score (nSPS) is 22.5. The van der Waals surface area contributed by atoms with E-state index in [4.69, 9.17) is 9.47 Å². The quantitative estimate of drug-likeness (QED) is 0.364. The highest BCUT2D eigenvalue weighted by molar-refractivity contribution is 14.0. The zero-order valence-corrected chi connectivity index (χ0v) is 19.0. The van der Waals surface area contributed by atoms with Gasteiger partial charge in [-0.05, 0) is 37.0 Å². The Kier molecular flexibility index (Phi) is 9.46. The van der Waals surface area contributed by atoms with Crippen LogP contribution in [0.3, 0.4) is 0 Å². The molecule has 0 radical (unpaired) electrons. The fourth-order valence-corrected chi connectivity index (χ4v) is 3.65. The predicted molar refractivity (Wildman–Crippen MR) is 121 cm³/mol. The highest BCUT2D eigenvalue weighted by Crippen LogP contribution is 2.21. The third-order valence-electron chi connectivity index (χ3n) is 5.10. The molecule has 2 saturated heterocycles. The molecule has 7 nitrogen and oxygen atoms in total. The van der Waals surface area contributed by atoms with E-state index in [-0.39, 0.29) is 42.1 Å². The average Bonchev–Trinajstić information content (AvgIpc) is 3.26. The van der Waals surface area contributed by atoms with E-state index in [1.807, 2.05) is 31.3 Å². The van der Waals surface area contributed by atoms with E-state index in [0.717, 1.165) is 57.0 Å². The molecule has 1 aromatic carbocycles. The lowest BCUT2D eigenvalue weighted by Crippen LogP contribution is -2.53. The molecule has 0 aliphatic carbocycles. The molecule has 1 amide bonds. The van der Waals surface area contributed by atoms with Crippen molar-refractivity contribution in [2.45, 2.75) is 31.5 Å². The molecule has 3 rings (SSSR count). The topological polar surface area (TPSA) is 75.2 Å². The zero-order chi connectivity index (χ0) is 19.1. The second kappa shape index (κ2) is 11.6. The van der Waals surface area contributed by atoms with Gasteiger partial charge in [0.15, 0.2) is 5.96 Å². The summed E-state index contributed by atoms with van der Waals surface area (Å²) < 4.78 is 11.7. The van der Waals surface area contributed by atoms with Gasteiger partial charge in [0, 0.05) is 45.9 Å². The van der Waals surface area contributed by atoms with Crippen molar-refractivity contribution in [3.63, 3.8) is 0 Å². The summed E-state index contributed by atoms with van der Waals surface area (Å²) >= 11 is 0. The first-order chi connectivity index (χ1) is 13.2. The number of carbonyl (C=O) groups excluding carboxylic acids is 1. The van der Waals surface area contributed by atoms with Crippen molar-refractivity contribution >= 4 is 35.8 Å². The van der Waals surface area contributed by atoms with Crippen LogP contribution in [0.2, 0.25) is 0 Å². The van der Waals surface area contributed by atoms with Crippen LogP contribution in [0.25, 0.3) is 0 Å². The smallest absolute Gasteiger partial charge is 0.251 e. The molecule has 8 heteroatoms. The SMILES string of the molecule is CN=C(NCCc1cccc(C(=O)NC)c1)N1CCOC(C2CCCO2)C1.I. The Balaban J connectivity index is 0.00000280. The molecule has 0 bridgehead atoms. The molecule has 2 aliphatic rings. The van der Waals surface area contributed by atoms with Crippen LogP contribution in [0.1, 0.15) is 28.8 Å². The Labute approximate surface area is 184 Å². The summed E-state index contributed by atoms with van der Waals surface area (Å²) in [6.07, 6.45) is 3.34. The molecule has 1 aromatic rings. The largest absolute Gasteiger partial charge is 0.375 e. The number of halogens is 1. The van der Waals surface area contributed by atoms with Gasteiger partial charge in [0.25, 0.3) is 5.91 Å². The lowest BCUT2D eigenvalue weighted by atomic mass is 10.1. The van der Waals surface area contributed by atoms with E-state index in [2.05, 4.69) is 20.5 Å². The molecule has 0 saturated carbocycles. The molecule has 2 heterocycles. The van der Waals surface area contributed by atoms with E-state index in [0.29, 0.717) is 12.2 Å². The Morgan fingerprint density at radius 1 is 1.29 bits per heavy atom. The summed E-state index contributed by atoms with van der Waals surface area (Å²) in [6.45, 7) is 3.92. The number of nitrogens with one attached hydrogen (secondary N) is 2. The molecule has 0 aromatic heterocycles. The van der Waals surface area contributed by atoms with Crippen molar-refractivity contribution < 1.29 is 14.3 Å². The van der Waals surface area contributed by atoms with Crippen LogP contribution in [0.4, 0.5) is 0 Å². The first kappa shape index (κ1) is 22.9. The van der Waals surface area contributed by atoms with Gasteiger partial charge in [-0.3, -0.25) is 9.79 Å².